The van der Waals surface area contributed by atoms with Crippen LogP contribution in [0.5, 0.6) is 0 Å². The lowest BCUT2D eigenvalue weighted by atomic mass is 10.1. The zero-order valence-electron chi connectivity index (χ0n) is 8.75. The predicted octanol–water partition coefficient (Wildman–Crippen LogP) is 2.93. The number of rotatable bonds is 2. The maximum absolute atomic E-state index is 9.08. The van der Waals surface area contributed by atoms with Crippen molar-refractivity contribution in [1.29, 1.82) is 0 Å². The Labute approximate surface area is 99.0 Å². The summed E-state index contributed by atoms with van der Waals surface area (Å²) in [4.78, 5) is 2.41. The zero-order valence-corrected chi connectivity index (χ0v) is 10.3. The van der Waals surface area contributed by atoms with Crippen LogP contribution in [0.4, 0.5) is 5.69 Å². The van der Waals surface area contributed by atoms with Gasteiger partial charge in [0, 0.05) is 23.2 Å². The van der Waals surface area contributed by atoms with E-state index < -0.39 is 0 Å². The molecule has 15 heavy (non-hydrogen) atoms. The van der Waals surface area contributed by atoms with Crippen LogP contribution in [0.15, 0.2) is 22.7 Å². The SMILES string of the molecule is OCc1ccc(N2CCCCC2)cc1Br. The molecular weight excluding hydrogens is 254 g/mol. The first-order valence-electron chi connectivity index (χ1n) is 5.45. The number of piperidine rings is 1. The first-order chi connectivity index (χ1) is 7.31. The summed E-state index contributed by atoms with van der Waals surface area (Å²) in [6.07, 6.45) is 3.94. The molecule has 1 N–H and O–H groups in total. The van der Waals surface area contributed by atoms with E-state index in [1.807, 2.05) is 6.07 Å². The van der Waals surface area contributed by atoms with Crippen LogP contribution < -0.4 is 4.90 Å². The summed E-state index contributed by atoms with van der Waals surface area (Å²) in [5.41, 5.74) is 2.22. The number of aliphatic hydroxyl groups excluding tert-OH is 1. The second-order valence-corrected chi connectivity index (χ2v) is 4.84. The van der Waals surface area contributed by atoms with Gasteiger partial charge in [0.15, 0.2) is 0 Å². The van der Waals surface area contributed by atoms with Gasteiger partial charge in [-0.25, -0.2) is 0 Å². The number of benzene rings is 1. The average molecular weight is 270 g/mol. The second-order valence-electron chi connectivity index (χ2n) is 3.98. The highest BCUT2D eigenvalue weighted by atomic mass is 79.9. The quantitative estimate of drug-likeness (QED) is 0.893. The second kappa shape index (κ2) is 4.99. The van der Waals surface area contributed by atoms with Gasteiger partial charge in [-0.15, -0.1) is 0 Å². The first kappa shape index (κ1) is 11.0. The largest absolute Gasteiger partial charge is 0.392 e. The molecule has 0 radical (unpaired) electrons. The third-order valence-corrected chi connectivity index (χ3v) is 3.67. The Kier molecular flexibility index (Phi) is 3.65. The highest BCUT2D eigenvalue weighted by Gasteiger charge is 2.11. The van der Waals surface area contributed by atoms with Crippen molar-refractivity contribution in [3.63, 3.8) is 0 Å². The molecule has 1 heterocycles. The van der Waals surface area contributed by atoms with Crippen LogP contribution in [0.3, 0.4) is 0 Å². The van der Waals surface area contributed by atoms with Crippen LogP contribution in [0.1, 0.15) is 24.8 Å². The van der Waals surface area contributed by atoms with Crippen molar-refractivity contribution < 1.29 is 5.11 Å². The molecule has 0 unspecified atom stereocenters. The van der Waals surface area contributed by atoms with Gasteiger partial charge in [-0.05, 0) is 37.0 Å². The maximum atomic E-state index is 9.08. The van der Waals surface area contributed by atoms with Crippen molar-refractivity contribution in [3.8, 4) is 0 Å². The molecule has 1 aromatic carbocycles. The topological polar surface area (TPSA) is 23.5 Å². The number of nitrogens with zero attached hydrogens (tertiary/aromatic N) is 1. The molecular formula is C12H16BrNO. The van der Waals surface area contributed by atoms with E-state index in [1.54, 1.807) is 0 Å². The van der Waals surface area contributed by atoms with E-state index in [1.165, 1.54) is 24.9 Å². The van der Waals surface area contributed by atoms with Crippen molar-refractivity contribution in [1.82, 2.24) is 0 Å². The molecule has 2 rings (SSSR count). The fourth-order valence-electron chi connectivity index (χ4n) is 2.01. The molecule has 3 heteroatoms. The van der Waals surface area contributed by atoms with Crippen molar-refractivity contribution in [2.75, 3.05) is 18.0 Å². The van der Waals surface area contributed by atoms with Crippen molar-refractivity contribution in [2.45, 2.75) is 25.9 Å². The van der Waals surface area contributed by atoms with E-state index in [2.05, 4.69) is 33.0 Å². The van der Waals surface area contributed by atoms with Gasteiger partial charge in [0.25, 0.3) is 0 Å². The molecule has 0 spiro atoms. The summed E-state index contributed by atoms with van der Waals surface area (Å²) >= 11 is 3.49. The van der Waals surface area contributed by atoms with Gasteiger partial charge in [-0.3, -0.25) is 0 Å². The molecule has 0 atom stereocenters. The zero-order chi connectivity index (χ0) is 10.7. The summed E-state index contributed by atoms with van der Waals surface area (Å²) < 4.78 is 1.01. The van der Waals surface area contributed by atoms with Crippen LogP contribution in [0.25, 0.3) is 0 Å². The van der Waals surface area contributed by atoms with Gasteiger partial charge < -0.3 is 10.0 Å². The fraction of sp³-hybridized carbons (Fsp3) is 0.500. The van der Waals surface area contributed by atoms with Gasteiger partial charge in [-0.2, -0.15) is 0 Å². The number of hydrogen-bond donors (Lipinski definition) is 1. The fourth-order valence-corrected chi connectivity index (χ4v) is 2.51. The van der Waals surface area contributed by atoms with Gasteiger partial charge in [-0.1, -0.05) is 22.0 Å². The van der Waals surface area contributed by atoms with Crippen molar-refractivity contribution >= 4 is 21.6 Å². The minimum Gasteiger partial charge on any atom is -0.392 e. The van der Waals surface area contributed by atoms with Crippen LogP contribution in [-0.2, 0) is 6.61 Å². The van der Waals surface area contributed by atoms with Crippen molar-refractivity contribution in [2.24, 2.45) is 0 Å². The van der Waals surface area contributed by atoms with Gasteiger partial charge in [0.1, 0.15) is 0 Å². The van der Waals surface area contributed by atoms with Crippen LogP contribution >= 0.6 is 15.9 Å². The summed E-state index contributed by atoms with van der Waals surface area (Å²) in [6.45, 7) is 2.41. The van der Waals surface area contributed by atoms with E-state index in [9.17, 15) is 0 Å². The van der Waals surface area contributed by atoms with E-state index >= 15 is 0 Å². The average Bonchev–Trinajstić information content (AvgIpc) is 2.30. The van der Waals surface area contributed by atoms with Gasteiger partial charge >= 0.3 is 0 Å². The third kappa shape index (κ3) is 2.52. The Morgan fingerprint density at radius 2 is 1.93 bits per heavy atom. The summed E-state index contributed by atoms with van der Waals surface area (Å²) in [7, 11) is 0. The normalized spacial score (nSPS) is 16.8. The predicted molar refractivity (Wildman–Crippen MR) is 66.1 cm³/mol. The highest BCUT2D eigenvalue weighted by Crippen LogP contribution is 2.26. The molecule has 0 amide bonds. The van der Waals surface area contributed by atoms with Gasteiger partial charge in [0.2, 0.25) is 0 Å². The first-order valence-corrected chi connectivity index (χ1v) is 6.25. The Hall–Kier alpha value is -0.540. The van der Waals surface area contributed by atoms with Crippen LogP contribution in [0, 0.1) is 0 Å². The Bertz CT molecular complexity index is 334. The van der Waals surface area contributed by atoms with Gasteiger partial charge in [0.05, 0.1) is 6.61 Å². The third-order valence-electron chi connectivity index (χ3n) is 2.93. The standard InChI is InChI=1S/C12H16BrNO/c13-12-8-11(5-4-10(12)9-15)14-6-2-1-3-7-14/h4-5,8,15H,1-3,6-7,9H2. The minimum atomic E-state index is 0.0981. The summed E-state index contributed by atoms with van der Waals surface area (Å²) in [5.74, 6) is 0. The molecule has 0 aliphatic carbocycles. The Morgan fingerprint density at radius 1 is 1.20 bits per heavy atom. The molecule has 1 saturated heterocycles. The lowest BCUT2D eigenvalue weighted by Gasteiger charge is -2.29. The molecule has 0 aromatic heterocycles. The molecule has 1 aromatic rings. The molecule has 2 nitrogen and oxygen atoms in total. The summed E-state index contributed by atoms with van der Waals surface area (Å²) in [5, 5.41) is 9.08. The number of anilines is 1. The van der Waals surface area contributed by atoms with Crippen LogP contribution in [0.2, 0.25) is 0 Å². The molecule has 1 aliphatic heterocycles. The number of hydrogen-bond acceptors (Lipinski definition) is 2. The van der Waals surface area contributed by atoms with E-state index in [-0.39, 0.29) is 6.61 Å². The van der Waals surface area contributed by atoms with E-state index in [0.717, 1.165) is 23.1 Å². The molecule has 1 fully saturated rings. The van der Waals surface area contributed by atoms with E-state index in [0.29, 0.717) is 0 Å². The van der Waals surface area contributed by atoms with Crippen molar-refractivity contribution in [3.05, 3.63) is 28.2 Å². The molecule has 1 aliphatic rings. The lowest BCUT2D eigenvalue weighted by molar-refractivity contribution is 0.281. The molecule has 0 saturated carbocycles. The van der Waals surface area contributed by atoms with Crippen LogP contribution in [-0.4, -0.2) is 18.2 Å². The molecule has 0 bridgehead atoms. The number of aliphatic hydroxyl groups is 1. The Balaban J connectivity index is 2.17. The summed E-state index contributed by atoms with van der Waals surface area (Å²) in [6, 6.07) is 6.20. The Morgan fingerprint density at radius 3 is 2.53 bits per heavy atom. The monoisotopic (exact) mass is 269 g/mol. The number of halogens is 1. The lowest BCUT2D eigenvalue weighted by Crippen LogP contribution is -2.29. The van der Waals surface area contributed by atoms with E-state index in [4.69, 9.17) is 5.11 Å². The molecule has 82 valence electrons. The smallest absolute Gasteiger partial charge is 0.0692 e. The highest BCUT2D eigenvalue weighted by molar-refractivity contribution is 9.10. The minimum absolute atomic E-state index is 0.0981. The maximum Gasteiger partial charge on any atom is 0.0692 e.